The second-order valence-electron chi connectivity index (χ2n) is 7.60. The Morgan fingerprint density at radius 2 is 1.94 bits per heavy atom. The second-order valence-corrected chi connectivity index (χ2v) is 7.60. The van der Waals surface area contributed by atoms with Crippen molar-refractivity contribution >= 4 is 16.6 Å². The number of fused-ring (bicyclic) bond motifs is 1. The topological polar surface area (TPSA) is 88.9 Å². The van der Waals surface area contributed by atoms with Crippen molar-refractivity contribution in [3.8, 4) is 22.7 Å². The minimum Gasteiger partial charge on any atom is -0.494 e. The van der Waals surface area contributed by atoms with Crippen LogP contribution >= 0.6 is 0 Å². The van der Waals surface area contributed by atoms with E-state index in [1.165, 1.54) is 21.9 Å². The van der Waals surface area contributed by atoms with Crippen molar-refractivity contribution in [3.05, 3.63) is 70.8 Å². The van der Waals surface area contributed by atoms with Gasteiger partial charge in [0.25, 0.3) is 5.56 Å². The van der Waals surface area contributed by atoms with Crippen molar-refractivity contribution in [1.29, 1.82) is 0 Å². The molecule has 0 saturated carbocycles. The molecule has 8 nitrogen and oxygen atoms in total. The van der Waals surface area contributed by atoms with Gasteiger partial charge in [0.15, 0.2) is 0 Å². The van der Waals surface area contributed by atoms with E-state index in [1.807, 2.05) is 12.1 Å². The molecule has 3 aromatic heterocycles. The number of pyridine rings is 1. The highest BCUT2D eigenvalue weighted by Gasteiger charge is 2.16. The Balaban J connectivity index is 1.56. The van der Waals surface area contributed by atoms with E-state index >= 15 is 0 Å². The highest BCUT2D eigenvalue weighted by Crippen LogP contribution is 2.28. The van der Waals surface area contributed by atoms with Gasteiger partial charge in [0.2, 0.25) is 0 Å². The van der Waals surface area contributed by atoms with Gasteiger partial charge in [-0.1, -0.05) is 30.3 Å². The number of hydrogen-bond donors (Lipinski definition) is 1. The van der Waals surface area contributed by atoms with Gasteiger partial charge in [-0.15, -0.1) is 0 Å². The van der Waals surface area contributed by atoms with Crippen LogP contribution in [0.4, 0.5) is 0 Å². The van der Waals surface area contributed by atoms with Gasteiger partial charge in [-0.3, -0.25) is 14.9 Å². The Morgan fingerprint density at radius 3 is 2.68 bits per heavy atom. The van der Waals surface area contributed by atoms with E-state index in [0.29, 0.717) is 28.2 Å². The van der Waals surface area contributed by atoms with Gasteiger partial charge < -0.3 is 9.64 Å². The zero-order valence-corrected chi connectivity index (χ0v) is 17.4. The molecule has 1 N–H and O–H groups in total. The van der Waals surface area contributed by atoms with Crippen LogP contribution in [-0.2, 0) is 0 Å². The zero-order valence-electron chi connectivity index (χ0n) is 17.4. The summed E-state index contributed by atoms with van der Waals surface area (Å²) in [6.07, 6.45) is 6.49. The molecule has 31 heavy (non-hydrogen) atoms. The van der Waals surface area contributed by atoms with Crippen LogP contribution in [0.3, 0.4) is 0 Å². The van der Waals surface area contributed by atoms with Crippen molar-refractivity contribution in [2.45, 2.75) is 6.42 Å². The molecule has 0 saturated heterocycles. The van der Waals surface area contributed by atoms with Crippen LogP contribution in [0.15, 0.2) is 59.7 Å². The molecular weight excluding hydrogens is 392 g/mol. The number of nitrogens with one attached hydrogen (secondary N) is 1. The molecule has 0 bridgehead atoms. The maximum atomic E-state index is 12.7. The first-order valence-corrected chi connectivity index (χ1v) is 10.1. The molecule has 156 valence electrons. The summed E-state index contributed by atoms with van der Waals surface area (Å²) in [5.41, 5.74) is 5.59. The van der Waals surface area contributed by atoms with Gasteiger partial charge in [0.05, 0.1) is 18.8 Å². The number of nitrogens with zero attached hydrogens (tertiary/aromatic N) is 5. The molecule has 4 heterocycles. The van der Waals surface area contributed by atoms with E-state index in [4.69, 9.17) is 4.74 Å². The molecule has 0 aliphatic carbocycles. The summed E-state index contributed by atoms with van der Waals surface area (Å²) in [7, 11) is 3.68. The number of H-pyrrole nitrogens is 1. The largest absolute Gasteiger partial charge is 0.494 e. The minimum absolute atomic E-state index is 0.293. The van der Waals surface area contributed by atoms with Gasteiger partial charge >= 0.3 is 0 Å². The average Bonchev–Trinajstić information content (AvgIpc) is 3.21. The summed E-state index contributed by atoms with van der Waals surface area (Å²) in [6.45, 7) is 2.04. The predicted octanol–water partition coefficient (Wildman–Crippen LogP) is 2.90. The maximum Gasteiger partial charge on any atom is 0.273 e. The third-order valence-corrected chi connectivity index (χ3v) is 5.59. The van der Waals surface area contributed by atoms with Gasteiger partial charge in [0, 0.05) is 37.0 Å². The van der Waals surface area contributed by atoms with Gasteiger partial charge in [-0.2, -0.15) is 14.9 Å². The molecular formula is C23H22N6O2. The first kappa shape index (κ1) is 19.2. The van der Waals surface area contributed by atoms with E-state index in [0.717, 1.165) is 25.1 Å². The minimum atomic E-state index is -0.293. The highest BCUT2D eigenvalue weighted by molar-refractivity contribution is 5.89. The smallest absolute Gasteiger partial charge is 0.273 e. The lowest BCUT2D eigenvalue weighted by Crippen LogP contribution is -2.23. The quantitative estimate of drug-likeness (QED) is 0.552. The summed E-state index contributed by atoms with van der Waals surface area (Å²) in [4.78, 5) is 19.1. The number of aromatic amines is 1. The summed E-state index contributed by atoms with van der Waals surface area (Å²) in [5, 5.41) is 11.9. The molecule has 1 aromatic carbocycles. The molecule has 0 spiro atoms. The lowest BCUT2D eigenvalue weighted by molar-refractivity contribution is 0.370. The molecule has 0 amide bonds. The molecule has 1 aliphatic heterocycles. The Kier molecular flexibility index (Phi) is 4.83. The molecule has 1 aliphatic rings. The van der Waals surface area contributed by atoms with Crippen LogP contribution < -0.4 is 10.3 Å². The SMILES string of the molecule is COc1ccncc1-n1nc2c(-c3ccc(C4=CCN(C)CC4)cc3)n[nH]c2cc1=O. The fourth-order valence-corrected chi connectivity index (χ4v) is 3.84. The van der Waals surface area contributed by atoms with Crippen molar-refractivity contribution in [2.24, 2.45) is 0 Å². The number of likely N-dealkylation sites (N-methyl/N-ethyl adjacent to an activating group) is 1. The number of benzene rings is 1. The van der Waals surface area contributed by atoms with Crippen molar-refractivity contribution in [1.82, 2.24) is 29.9 Å². The van der Waals surface area contributed by atoms with Gasteiger partial charge in [-0.25, -0.2) is 0 Å². The summed E-state index contributed by atoms with van der Waals surface area (Å²) in [5.74, 6) is 0.518. The molecule has 0 atom stereocenters. The van der Waals surface area contributed by atoms with Crippen LogP contribution in [0.2, 0.25) is 0 Å². The molecule has 4 aromatic rings. The third-order valence-electron chi connectivity index (χ3n) is 5.59. The Hall–Kier alpha value is -3.78. The molecule has 0 fully saturated rings. The highest BCUT2D eigenvalue weighted by atomic mass is 16.5. The number of rotatable bonds is 4. The Morgan fingerprint density at radius 1 is 1.13 bits per heavy atom. The van der Waals surface area contributed by atoms with E-state index in [9.17, 15) is 4.79 Å². The van der Waals surface area contributed by atoms with E-state index < -0.39 is 0 Å². The van der Waals surface area contributed by atoms with Gasteiger partial charge in [0.1, 0.15) is 22.6 Å². The van der Waals surface area contributed by atoms with Crippen molar-refractivity contribution in [2.75, 3.05) is 27.2 Å². The van der Waals surface area contributed by atoms with Crippen molar-refractivity contribution in [3.63, 3.8) is 0 Å². The fourth-order valence-electron chi connectivity index (χ4n) is 3.84. The third kappa shape index (κ3) is 3.51. The summed E-state index contributed by atoms with van der Waals surface area (Å²) >= 11 is 0. The average molecular weight is 414 g/mol. The maximum absolute atomic E-state index is 12.7. The van der Waals surface area contributed by atoms with Crippen LogP contribution in [0.1, 0.15) is 12.0 Å². The fraction of sp³-hybridized carbons (Fsp3) is 0.217. The van der Waals surface area contributed by atoms with E-state index in [1.54, 1.807) is 25.6 Å². The number of ether oxygens (including phenoxy) is 1. The lowest BCUT2D eigenvalue weighted by Gasteiger charge is -2.22. The standard InChI is InChI=1S/C23H22N6O2/c1-28-11-8-16(9-12-28)15-3-5-17(6-4-15)22-23-18(25-26-22)13-21(30)29(27-23)19-14-24-10-7-20(19)31-2/h3-8,10,13-14,25H,9,11-12H2,1-2H3. The Labute approximate surface area is 178 Å². The van der Waals surface area contributed by atoms with Crippen LogP contribution in [0, 0.1) is 0 Å². The van der Waals surface area contributed by atoms with Gasteiger partial charge in [-0.05, 0) is 24.6 Å². The van der Waals surface area contributed by atoms with E-state index in [-0.39, 0.29) is 5.56 Å². The zero-order chi connectivity index (χ0) is 21.4. The van der Waals surface area contributed by atoms with Crippen LogP contribution in [0.25, 0.3) is 33.6 Å². The molecule has 8 heteroatoms. The summed E-state index contributed by atoms with van der Waals surface area (Å²) in [6, 6.07) is 11.5. The number of methoxy groups -OCH3 is 1. The molecule has 0 unspecified atom stereocenters. The predicted molar refractivity (Wildman–Crippen MR) is 119 cm³/mol. The van der Waals surface area contributed by atoms with Crippen LogP contribution in [0.5, 0.6) is 5.75 Å². The van der Waals surface area contributed by atoms with Crippen LogP contribution in [-0.4, -0.2) is 57.1 Å². The second kappa shape index (κ2) is 7.81. The first-order chi connectivity index (χ1) is 15.1. The Bertz CT molecular complexity index is 1340. The lowest BCUT2D eigenvalue weighted by atomic mass is 9.98. The molecule has 0 radical (unpaired) electrons. The number of hydrogen-bond acceptors (Lipinski definition) is 6. The number of aromatic nitrogens is 5. The van der Waals surface area contributed by atoms with Crippen molar-refractivity contribution < 1.29 is 4.74 Å². The normalized spacial score (nSPS) is 14.6. The summed E-state index contributed by atoms with van der Waals surface area (Å²) < 4.78 is 6.67. The monoisotopic (exact) mass is 414 g/mol. The first-order valence-electron chi connectivity index (χ1n) is 10.1. The van der Waals surface area contributed by atoms with E-state index in [2.05, 4.69) is 50.4 Å². The molecule has 5 rings (SSSR count).